The smallest absolute Gasteiger partial charge is 0.0801 e. The van der Waals surface area contributed by atoms with Gasteiger partial charge in [0, 0.05) is 4.47 Å². The molecule has 0 aliphatic heterocycles. The van der Waals surface area contributed by atoms with E-state index >= 15 is 0 Å². The molecule has 0 aliphatic rings. The van der Waals surface area contributed by atoms with Crippen LogP contribution in [0.4, 0.5) is 0 Å². The Bertz CT molecular complexity index is 376. The SMILES string of the molecule is CCCCCCCCCCC(O)c1cc(C)ccc1Br. The van der Waals surface area contributed by atoms with Crippen LogP contribution in [0, 0.1) is 6.92 Å². The fraction of sp³-hybridized carbons (Fsp3) is 0.667. The van der Waals surface area contributed by atoms with E-state index in [1.54, 1.807) is 0 Å². The van der Waals surface area contributed by atoms with Gasteiger partial charge in [0.2, 0.25) is 0 Å². The lowest BCUT2D eigenvalue weighted by atomic mass is 10.0. The highest BCUT2D eigenvalue weighted by Crippen LogP contribution is 2.28. The summed E-state index contributed by atoms with van der Waals surface area (Å²) in [5, 5.41) is 10.3. The van der Waals surface area contributed by atoms with Crippen LogP contribution in [0.2, 0.25) is 0 Å². The van der Waals surface area contributed by atoms with Crippen molar-refractivity contribution >= 4 is 15.9 Å². The van der Waals surface area contributed by atoms with Crippen LogP contribution in [-0.4, -0.2) is 5.11 Å². The van der Waals surface area contributed by atoms with Gasteiger partial charge < -0.3 is 5.11 Å². The van der Waals surface area contributed by atoms with Crippen molar-refractivity contribution in [3.63, 3.8) is 0 Å². The molecule has 20 heavy (non-hydrogen) atoms. The number of aliphatic hydroxyl groups is 1. The fourth-order valence-corrected chi connectivity index (χ4v) is 3.06. The van der Waals surface area contributed by atoms with E-state index in [0.29, 0.717) is 0 Å². The molecule has 1 nitrogen and oxygen atoms in total. The van der Waals surface area contributed by atoms with Crippen LogP contribution in [0.3, 0.4) is 0 Å². The minimum absolute atomic E-state index is 0.329. The summed E-state index contributed by atoms with van der Waals surface area (Å²) < 4.78 is 1.02. The summed E-state index contributed by atoms with van der Waals surface area (Å²) in [4.78, 5) is 0. The van der Waals surface area contributed by atoms with Crippen molar-refractivity contribution in [3.05, 3.63) is 33.8 Å². The maximum Gasteiger partial charge on any atom is 0.0801 e. The molecule has 0 heterocycles. The van der Waals surface area contributed by atoms with Gasteiger partial charge in [0.25, 0.3) is 0 Å². The monoisotopic (exact) mass is 340 g/mol. The van der Waals surface area contributed by atoms with E-state index in [2.05, 4.69) is 41.9 Å². The Labute approximate surface area is 132 Å². The predicted molar refractivity (Wildman–Crippen MR) is 91.1 cm³/mol. The van der Waals surface area contributed by atoms with Gasteiger partial charge in [0.15, 0.2) is 0 Å². The molecule has 0 spiro atoms. The highest BCUT2D eigenvalue weighted by Gasteiger charge is 2.10. The molecular formula is C18H29BrO. The van der Waals surface area contributed by atoms with Gasteiger partial charge in [-0.15, -0.1) is 0 Å². The molecule has 1 aromatic rings. The minimum Gasteiger partial charge on any atom is -0.388 e. The average molecular weight is 341 g/mol. The van der Waals surface area contributed by atoms with Gasteiger partial charge in [0.1, 0.15) is 0 Å². The Hall–Kier alpha value is -0.340. The first-order valence-electron chi connectivity index (χ1n) is 8.09. The molecule has 0 amide bonds. The number of rotatable bonds is 10. The number of benzene rings is 1. The van der Waals surface area contributed by atoms with Crippen LogP contribution in [0.15, 0.2) is 22.7 Å². The van der Waals surface area contributed by atoms with Crippen molar-refractivity contribution in [2.45, 2.75) is 77.7 Å². The second-order valence-corrected chi connectivity index (χ2v) is 6.66. The van der Waals surface area contributed by atoms with Crippen LogP contribution in [-0.2, 0) is 0 Å². The third-order valence-electron chi connectivity index (χ3n) is 3.84. The highest BCUT2D eigenvalue weighted by molar-refractivity contribution is 9.10. The molecule has 1 rings (SSSR count). The van der Waals surface area contributed by atoms with E-state index in [0.717, 1.165) is 22.9 Å². The standard InChI is InChI=1S/C18H29BrO/c1-3-4-5-6-7-8-9-10-11-18(20)16-14-15(2)12-13-17(16)19/h12-14,18,20H,3-11H2,1-2H3. The zero-order valence-electron chi connectivity index (χ0n) is 13.0. The molecule has 2 heteroatoms. The Morgan fingerprint density at radius 2 is 1.60 bits per heavy atom. The molecule has 114 valence electrons. The van der Waals surface area contributed by atoms with Gasteiger partial charge in [-0.1, -0.05) is 91.9 Å². The van der Waals surface area contributed by atoms with E-state index < -0.39 is 0 Å². The normalized spacial score (nSPS) is 12.6. The summed E-state index contributed by atoms with van der Waals surface area (Å²) in [6.07, 6.45) is 11.0. The molecule has 1 unspecified atom stereocenters. The van der Waals surface area contributed by atoms with Gasteiger partial charge >= 0.3 is 0 Å². The molecule has 1 aromatic carbocycles. The van der Waals surface area contributed by atoms with Crippen LogP contribution in [0.25, 0.3) is 0 Å². The van der Waals surface area contributed by atoms with Crippen molar-refractivity contribution in [2.24, 2.45) is 0 Å². The number of halogens is 1. The molecule has 1 N–H and O–H groups in total. The number of hydrogen-bond acceptors (Lipinski definition) is 1. The highest BCUT2D eigenvalue weighted by atomic mass is 79.9. The van der Waals surface area contributed by atoms with E-state index in [4.69, 9.17) is 0 Å². The van der Waals surface area contributed by atoms with E-state index in [-0.39, 0.29) is 6.10 Å². The van der Waals surface area contributed by atoms with Crippen LogP contribution in [0.1, 0.15) is 81.9 Å². The van der Waals surface area contributed by atoms with E-state index in [1.165, 1.54) is 50.5 Å². The molecule has 0 bridgehead atoms. The summed E-state index contributed by atoms with van der Waals surface area (Å²) in [6.45, 7) is 4.32. The van der Waals surface area contributed by atoms with Crippen LogP contribution < -0.4 is 0 Å². The van der Waals surface area contributed by atoms with Crippen LogP contribution in [0.5, 0.6) is 0 Å². The Morgan fingerprint density at radius 1 is 1.00 bits per heavy atom. The van der Waals surface area contributed by atoms with Gasteiger partial charge in [-0.2, -0.15) is 0 Å². The number of aliphatic hydroxyl groups excluding tert-OH is 1. The summed E-state index contributed by atoms with van der Waals surface area (Å²) in [7, 11) is 0. The summed E-state index contributed by atoms with van der Waals surface area (Å²) in [6, 6.07) is 6.18. The first kappa shape index (κ1) is 17.7. The topological polar surface area (TPSA) is 20.2 Å². The first-order chi connectivity index (χ1) is 9.65. The number of hydrogen-bond donors (Lipinski definition) is 1. The second-order valence-electron chi connectivity index (χ2n) is 5.80. The average Bonchev–Trinajstić information content (AvgIpc) is 2.44. The van der Waals surface area contributed by atoms with Gasteiger partial charge in [-0.05, 0) is 25.0 Å². The third kappa shape index (κ3) is 6.90. The summed E-state index contributed by atoms with van der Waals surface area (Å²) >= 11 is 3.53. The number of aryl methyl sites for hydroxylation is 1. The lowest BCUT2D eigenvalue weighted by molar-refractivity contribution is 0.162. The van der Waals surface area contributed by atoms with E-state index in [1.807, 2.05) is 6.07 Å². The maximum absolute atomic E-state index is 10.3. The van der Waals surface area contributed by atoms with Crippen molar-refractivity contribution in [2.75, 3.05) is 0 Å². The minimum atomic E-state index is -0.329. The third-order valence-corrected chi connectivity index (χ3v) is 4.56. The number of unbranched alkanes of at least 4 members (excludes halogenated alkanes) is 7. The molecule has 1 atom stereocenters. The first-order valence-corrected chi connectivity index (χ1v) is 8.88. The predicted octanol–water partition coefficient (Wildman–Crippen LogP) is 6.32. The lowest BCUT2D eigenvalue weighted by Gasteiger charge is -2.13. The molecular weight excluding hydrogens is 312 g/mol. The Kier molecular flexibility index (Phi) is 9.21. The van der Waals surface area contributed by atoms with Gasteiger partial charge in [0.05, 0.1) is 6.10 Å². The molecule has 0 radical (unpaired) electrons. The molecule has 0 saturated carbocycles. The zero-order chi connectivity index (χ0) is 14.8. The van der Waals surface area contributed by atoms with Gasteiger partial charge in [-0.3, -0.25) is 0 Å². The summed E-state index contributed by atoms with van der Waals surface area (Å²) in [5.74, 6) is 0. The summed E-state index contributed by atoms with van der Waals surface area (Å²) in [5.41, 5.74) is 2.24. The molecule has 0 aromatic heterocycles. The van der Waals surface area contributed by atoms with Crippen LogP contribution >= 0.6 is 15.9 Å². The Morgan fingerprint density at radius 3 is 2.25 bits per heavy atom. The maximum atomic E-state index is 10.3. The van der Waals surface area contributed by atoms with Crippen molar-refractivity contribution in [1.82, 2.24) is 0 Å². The van der Waals surface area contributed by atoms with Gasteiger partial charge in [-0.25, -0.2) is 0 Å². The molecule has 0 fully saturated rings. The zero-order valence-corrected chi connectivity index (χ0v) is 14.6. The largest absolute Gasteiger partial charge is 0.388 e. The molecule has 0 aliphatic carbocycles. The van der Waals surface area contributed by atoms with Crippen molar-refractivity contribution in [3.8, 4) is 0 Å². The fourth-order valence-electron chi connectivity index (χ4n) is 2.55. The lowest BCUT2D eigenvalue weighted by Crippen LogP contribution is -1.99. The van der Waals surface area contributed by atoms with Crippen molar-refractivity contribution in [1.29, 1.82) is 0 Å². The van der Waals surface area contributed by atoms with E-state index in [9.17, 15) is 5.11 Å². The van der Waals surface area contributed by atoms with Crippen molar-refractivity contribution < 1.29 is 5.11 Å². The Balaban J connectivity index is 2.17. The second kappa shape index (κ2) is 10.4. The quantitative estimate of drug-likeness (QED) is 0.494. The molecule has 0 saturated heterocycles.